The molecule has 0 aromatic rings. The van der Waals surface area contributed by atoms with Crippen LogP contribution in [0.4, 0.5) is 0 Å². The lowest BCUT2D eigenvalue weighted by molar-refractivity contribution is 0.646. The zero-order valence-corrected chi connectivity index (χ0v) is 7.60. The first kappa shape index (κ1) is 7.85. The Hall–Kier alpha value is -0.780. The first-order valence-electron chi connectivity index (χ1n) is 4.94. The van der Waals surface area contributed by atoms with Crippen molar-refractivity contribution in [3.05, 3.63) is 35.5 Å². The molecule has 0 atom stereocenters. The van der Waals surface area contributed by atoms with Crippen molar-refractivity contribution in [3.63, 3.8) is 0 Å². The number of rotatable bonds is 1. The van der Waals surface area contributed by atoms with E-state index >= 15 is 0 Å². The minimum Gasteiger partial charge on any atom is -0.0988 e. The van der Waals surface area contributed by atoms with Crippen molar-refractivity contribution in [1.82, 2.24) is 0 Å². The van der Waals surface area contributed by atoms with Crippen molar-refractivity contribution in [2.75, 3.05) is 0 Å². The molecule has 0 saturated heterocycles. The van der Waals surface area contributed by atoms with Gasteiger partial charge in [-0.3, -0.25) is 0 Å². The molecule has 2 aliphatic rings. The third-order valence-electron chi connectivity index (χ3n) is 2.97. The molecule has 0 heterocycles. The predicted molar refractivity (Wildman–Crippen MR) is 53.0 cm³/mol. The molecule has 0 heteroatoms. The van der Waals surface area contributed by atoms with E-state index in [1.54, 1.807) is 11.1 Å². The van der Waals surface area contributed by atoms with Crippen LogP contribution in [-0.4, -0.2) is 0 Å². The van der Waals surface area contributed by atoms with Crippen molar-refractivity contribution in [2.45, 2.75) is 38.5 Å². The Labute approximate surface area is 74.7 Å². The molecule has 0 fully saturated rings. The molecule has 0 spiro atoms. The largest absolute Gasteiger partial charge is 0.0988 e. The van der Waals surface area contributed by atoms with Gasteiger partial charge in [0.1, 0.15) is 0 Å². The normalized spacial score (nSPS) is 23.2. The zero-order chi connectivity index (χ0) is 8.39. The summed E-state index contributed by atoms with van der Waals surface area (Å²) in [6, 6.07) is 0. The molecule has 12 heavy (non-hydrogen) atoms. The molecule has 0 saturated carbocycles. The molecule has 0 bridgehead atoms. The summed E-state index contributed by atoms with van der Waals surface area (Å²) in [7, 11) is 0. The quantitative estimate of drug-likeness (QED) is 0.548. The van der Waals surface area contributed by atoms with Crippen LogP contribution in [0.1, 0.15) is 38.5 Å². The lowest BCUT2D eigenvalue weighted by atomic mass is 9.83. The molecule has 0 aromatic heterocycles. The van der Waals surface area contributed by atoms with Gasteiger partial charge in [-0.1, -0.05) is 24.3 Å². The average molecular weight is 160 g/mol. The van der Waals surface area contributed by atoms with Crippen LogP contribution < -0.4 is 0 Å². The van der Waals surface area contributed by atoms with E-state index in [0.717, 1.165) is 0 Å². The molecule has 0 amide bonds. The maximum absolute atomic E-state index is 3.83. The van der Waals surface area contributed by atoms with Gasteiger partial charge < -0.3 is 0 Å². The fourth-order valence-electron chi connectivity index (χ4n) is 2.20. The maximum atomic E-state index is 3.83. The van der Waals surface area contributed by atoms with E-state index in [2.05, 4.69) is 12.7 Å². The summed E-state index contributed by atoms with van der Waals surface area (Å²) >= 11 is 0. The van der Waals surface area contributed by atoms with Crippen LogP contribution in [0.2, 0.25) is 0 Å². The van der Waals surface area contributed by atoms with Crippen LogP contribution in [0.25, 0.3) is 0 Å². The molecule has 0 unspecified atom stereocenters. The van der Waals surface area contributed by atoms with E-state index in [0.29, 0.717) is 0 Å². The van der Waals surface area contributed by atoms with Crippen LogP contribution in [0.3, 0.4) is 0 Å². The SMILES string of the molecule is C=CC1=CC2=C(CCCC2)CC1. The average Bonchev–Trinajstić information content (AvgIpc) is 2.17. The third kappa shape index (κ3) is 1.38. The van der Waals surface area contributed by atoms with Crippen molar-refractivity contribution >= 4 is 0 Å². The first-order valence-corrected chi connectivity index (χ1v) is 4.94. The van der Waals surface area contributed by atoms with E-state index < -0.39 is 0 Å². The van der Waals surface area contributed by atoms with Gasteiger partial charge in [0.15, 0.2) is 0 Å². The molecule has 0 radical (unpaired) electrons. The Kier molecular flexibility index (Phi) is 2.16. The lowest BCUT2D eigenvalue weighted by Gasteiger charge is -2.22. The van der Waals surface area contributed by atoms with Gasteiger partial charge in [0.25, 0.3) is 0 Å². The molecule has 2 rings (SSSR count). The van der Waals surface area contributed by atoms with Gasteiger partial charge in [-0.05, 0) is 49.7 Å². The fraction of sp³-hybridized carbons (Fsp3) is 0.500. The van der Waals surface area contributed by atoms with Crippen molar-refractivity contribution < 1.29 is 0 Å². The van der Waals surface area contributed by atoms with Gasteiger partial charge in [-0.2, -0.15) is 0 Å². The minimum atomic E-state index is 1.22. The molecule has 0 N–H and O–H groups in total. The van der Waals surface area contributed by atoms with Crippen LogP contribution >= 0.6 is 0 Å². The van der Waals surface area contributed by atoms with Gasteiger partial charge in [0.05, 0.1) is 0 Å². The van der Waals surface area contributed by atoms with Gasteiger partial charge in [0, 0.05) is 0 Å². The van der Waals surface area contributed by atoms with Gasteiger partial charge in [-0.15, -0.1) is 0 Å². The summed E-state index contributed by atoms with van der Waals surface area (Å²) in [6.45, 7) is 3.83. The highest BCUT2D eigenvalue weighted by molar-refractivity contribution is 5.38. The second kappa shape index (κ2) is 3.30. The van der Waals surface area contributed by atoms with E-state index in [9.17, 15) is 0 Å². The highest BCUT2D eigenvalue weighted by Crippen LogP contribution is 2.34. The maximum Gasteiger partial charge on any atom is -0.0241 e. The predicted octanol–water partition coefficient (Wildman–Crippen LogP) is 3.76. The molecule has 0 aliphatic heterocycles. The molecular weight excluding hydrogens is 144 g/mol. The van der Waals surface area contributed by atoms with E-state index in [4.69, 9.17) is 0 Å². The number of hydrogen-bond acceptors (Lipinski definition) is 0. The van der Waals surface area contributed by atoms with E-state index in [1.165, 1.54) is 44.1 Å². The summed E-state index contributed by atoms with van der Waals surface area (Å²) in [5.74, 6) is 0. The van der Waals surface area contributed by atoms with Crippen LogP contribution in [0, 0.1) is 0 Å². The van der Waals surface area contributed by atoms with Crippen LogP contribution in [-0.2, 0) is 0 Å². The third-order valence-corrected chi connectivity index (χ3v) is 2.97. The van der Waals surface area contributed by atoms with Crippen LogP contribution in [0.5, 0.6) is 0 Å². The monoisotopic (exact) mass is 160 g/mol. The second-order valence-corrected chi connectivity index (χ2v) is 3.76. The Balaban J connectivity index is 2.25. The Morgan fingerprint density at radius 3 is 2.75 bits per heavy atom. The minimum absolute atomic E-state index is 1.22. The molecule has 0 nitrogen and oxygen atoms in total. The summed E-state index contributed by atoms with van der Waals surface area (Å²) < 4.78 is 0. The Morgan fingerprint density at radius 2 is 1.92 bits per heavy atom. The summed E-state index contributed by atoms with van der Waals surface area (Å²) in [5, 5.41) is 0. The molecule has 0 aromatic carbocycles. The standard InChI is InChI=1S/C12H16/c1-2-10-7-8-11-5-3-4-6-12(11)9-10/h2,9H,1,3-8H2. The smallest absolute Gasteiger partial charge is 0.0241 e. The number of hydrogen-bond donors (Lipinski definition) is 0. The Morgan fingerprint density at radius 1 is 1.08 bits per heavy atom. The lowest BCUT2D eigenvalue weighted by Crippen LogP contribution is -2.03. The van der Waals surface area contributed by atoms with Crippen molar-refractivity contribution in [3.8, 4) is 0 Å². The van der Waals surface area contributed by atoms with Gasteiger partial charge >= 0.3 is 0 Å². The second-order valence-electron chi connectivity index (χ2n) is 3.76. The Bertz CT molecular complexity index is 253. The fourth-order valence-corrected chi connectivity index (χ4v) is 2.20. The van der Waals surface area contributed by atoms with E-state index in [-0.39, 0.29) is 0 Å². The van der Waals surface area contributed by atoms with Gasteiger partial charge in [0.2, 0.25) is 0 Å². The summed E-state index contributed by atoms with van der Waals surface area (Å²) in [4.78, 5) is 0. The zero-order valence-electron chi connectivity index (χ0n) is 7.60. The highest BCUT2D eigenvalue weighted by atomic mass is 14.2. The highest BCUT2D eigenvalue weighted by Gasteiger charge is 2.14. The van der Waals surface area contributed by atoms with Crippen molar-refractivity contribution in [1.29, 1.82) is 0 Å². The van der Waals surface area contributed by atoms with E-state index in [1.807, 2.05) is 6.08 Å². The van der Waals surface area contributed by atoms with Gasteiger partial charge in [-0.25, -0.2) is 0 Å². The molecule has 64 valence electrons. The summed E-state index contributed by atoms with van der Waals surface area (Å²) in [6.07, 6.45) is 12.4. The first-order chi connectivity index (χ1) is 5.90. The number of allylic oxidation sites excluding steroid dienone is 5. The molecular formula is C12H16. The topological polar surface area (TPSA) is 0 Å². The van der Waals surface area contributed by atoms with Crippen molar-refractivity contribution in [2.24, 2.45) is 0 Å². The summed E-state index contributed by atoms with van der Waals surface area (Å²) in [5.41, 5.74) is 4.80. The molecule has 2 aliphatic carbocycles. The van der Waals surface area contributed by atoms with Crippen LogP contribution in [0.15, 0.2) is 35.5 Å².